The molecule has 0 aliphatic rings. The predicted molar refractivity (Wildman–Crippen MR) is 21.6 cm³/mol. The maximum Gasteiger partial charge on any atom is 1.00 e. The Balaban J connectivity index is -0.000000180. The van der Waals surface area contributed by atoms with Gasteiger partial charge in [0.25, 0.3) is 0 Å². The van der Waals surface area contributed by atoms with Crippen molar-refractivity contribution in [2.24, 2.45) is 0 Å². The van der Waals surface area contributed by atoms with Crippen LogP contribution in [-0.4, -0.2) is 16.3 Å². The summed E-state index contributed by atoms with van der Waals surface area (Å²) < 4.78 is 0. The largest absolute Gasteiger partial charge is 1.00 e. The summed E-state index contributed by atoms with van der Waals surface area (Å²) in [7, 11) is 0. The van der Waals surface area contributed by atoms with Crippen molar-refractivity contribution in [1.82, 2.24) is 0 Å². The third kappa shape index (κ3) is 4.14. The van der Waals surface area contributed by atoms with Gasteiger partial charge in [-0.05, 0) is 6.58 Å². The standard InChI is InChI=1S/C3H4O4.Na.H/c1-2(4)3(5)7-6;;/h4,6H,1H2;;/q;+1;-1. The molecule has 0 amide bonds. The molecular weight excluding hydrogens is 123 g/mol. The van der Waals surface area contributed by atoms with Gasteiger partial charge in [0.15, 0.2) is 5.76 Å². The number of aliphatic hydroxyl groups is 1. The van der Waals surface area contributed by atoms with E-state index in [-0.39, 0.29) is 31.0 Å². The topological polar surface area (TPSA) is 66.8 Å². The van der Waals surface area contributed by atoms with Crippen molar-refractivity contribution >= 4 is 5.97 Å². The SMILES string of the molecule is C=C(O)C(=O)OO.[H-].[Na+]. The molecule has 0 aromatic rings. The van der Waals surface area contributed by atoms with Crippen molar-refractivity contribution in [3.8, 4) is 0 Å². The number of rotatable bonds is 1. The molecule has 0 fully saturated rings. The number of aliphatic hydroxyl groups excluding tert-OH is 1. The van der Waals surface area contributed by atoms with Crippen LogP contribution in [0.25, 0.3) is 0 Å². The van der Waals surface area contributed by atoms with Crippen LogP contribution in [0.1, 0.15) is 1.43 Å². The molecule has 0 bridgehead atoms. The van der Waals surface area contributed by atoms with E-state index in [0.29, 0.717) is 0 Å². The van der Waals surface area contributed by atoms with Gasteiger partial charge in [-0.2, -0.15) is 5.26 Å². The van der Waals surface area contributed by atoms with E-state index in [1.165, 1.54) is 0 Å². The number of carbonyl (C=O) groups is 1. The predicted octanol–water partition coefficient (Wildman–Crippen LogP) is -2.81. The normalized spacial score (nSPS) is 6.62. The van der Waals surface area contributed by atoms with E-state index in [9.17, 15) is 4.79 Å². The second kappa shape index (κ2) is 5.11. The summed E-state index contributed by atoms with van der Waals surface area (Å²) in [6.07, 6.45) is 0. The summed E-state index contributed by atoms with van der Waals surface area (Å²) in [5, 5.41) is 15.4. The summed E-state index contributed by atoms with van der Waals surface area (Å²) >= 11 is 0. The summed E-state index contributed by atoms with van der Waals surface area (Å²) in [5.41, 5.74) is 0. The molecule has 8 heavy (non-hydrogen) atoms. The number of hydrogen-bond acceptors (Lipinski definition) is 4. The zero-order valence-corrected chi connectivity index (χ0v) is 6.42. The molecule has 42 valence electrons. The maximum absolute atomic E-state index is 9.69. The monoisotopic (exact) mass is 128 g/mol. The van der Waals surface area contributed by atoms with Crippen molar-refractivity contribution < 1.29 is 51.0 Å². The van der Waals surface area contributed by atoms with Crippen molar-refractivity contribution in [2.45, 2.75) is 0 Å². The molecule has 0 rings (SSSR count). The fourth-order valence-corrected chi connectivity index (χ4v) is 0.0527. The first kappa shape index (κ1) is 10.9. The summed E-state index contributed by atoms with van der Waals surface area (Å²) in [6.45, 7) is 2.75. The third-order valence-electron chi connectivity index (χ3n) is 0.319. The van der Waals surface area contributed by atoms with Gasteiger partial charge in [-0.3, -0.25) is 4.89 Å². The van der Waals surface area contributed by atoms with Gasteiger partial charge in [-0.25, -0.2) is 4.79 Å². The van der Waals surface area contributed by atoms with Crippen LogP contribution in [0.15, 0.2) is 12.3 Å². The van der Waals surface area contributed by atoms with E-state index in [4.69, 9.17) is 10.4 Å². The molecule has 0 saturated carbocycles. The molecule has 0 spiro atoms. The molecule has 0 aliphatic carbocycles. The second-order valence-corrected chi connectivity index (χ2v) is 0.825. The van der Waals surface area contributed by atoms with Crippen LogP contribution in [0.3, 0.4) is 0 Å². The molecular formula is C3H5NaO4. The molecule has 0 saturated heterocycles. The van der Waals surface area contributed by atoms with Gasteiger partial charge in [-0.1, -0.05) is 0 Å². The molecule has 0 aliphatic heterocycles. The molecule has 4 nitrogen and oxygen atoms in total. The zero-order chi connectivity index (χ0) is 5.86. The Bertz CT molecular complexity index is 104. The van der Waals surface area contributed by atoms with E-state index in [0.717, 1.165) is 0 Å². The molecule has 0 heterocycles. The van der Waals surface area contributed by atoms with E-state index < -0.39 is 11.7 Å². The first-order valence-electron chi connectivity index (χ1n) is 1.42. The number of carbonyl (C=O) groups excluding carboxylic acids is 1. The molecule has 0 aromatic carbocycles. The van der Waals surface area contributed by atoms with Crippen LogP contribution in [0.5, 0.6) is 0 Å². The van der Waals surface area contributed by atoms with Gasteiger partial charge in [-0.15, -0.1) is 0 Å². The van der Waals surface area contributed by atoms with Crippen LogP contribution in [0.4, 0.5) is 0 Å². The van der Waals surface area contributed by atoms with Crippen LogP contribution in [0.2, 0.25) is 0 Å². The van der Waals surface area contributed by atoms with Crippen LogP contribution >= 0.6 is 0 Å². The Morgan fingerprint density at radius 2 is 2.12 bits per heavy atom. The molecule has 0 radical (unpaired) electrons. The quantitative estimate of drug-likeness (QED) is 0.131. The molecule has 0 unspecified atom stereocenters. The minimum Gasteiger partial charge on any atom is -1.00 e. The smallest absolute Gasteiger partial charge is 1.00 e. The molecule has 5 heteroatoms. The van der Waals surface area contributed by atoms with Gasteiger partial charge in [0.1, 0.15) is 0 Å². The minimum absolute atomic E-state index is 0. The van der Waals surface area contributed by atoms with E-state index in [1.54, 1.807) is 0 Å². The Kier molecular flexibility index (Phi) is 6.94. The average Bonchev–Trinajstić information content (AvgIpc) is 1.65. The Hall–Kier alpha value is -0.0300. The van der Waals surface area contributed by atoms with Crippen molar-refractivity contribution in [1.29, 1.82) is 0 Å². The van der Waals surface area contributed by atoms with Crippen LogP contribution < -0.4 is 29.6 Å². The van der Waals surface area contributed by atoms with Crippen LogP contribution in [-0.2, 0) is 9.68 Å². The van der Waals surface area contributed by atoms with Gasteiger partial charge in [0, 0.05) is 0 Å². The first-order valence-corrected chi connectivity index (χ1v) is 1.42. The van der Waals surface area contributed by atoms with Crippen molar-refractivity contribution in [3.05, 3.63) is 12.3 Å². The summed E-state index contributed by atoms with van der Waals surface area (Å²) in [5.74, 6) is -2.05. The van der Waals surface area contributed by atoms with E-state index in [1.807, 2.05) is 0 Å². The Morgan fingerprint density at radius 3 is 2.12 bits per heavy atom. The Labute approximate surface area is 69.5 Å². The first-order chi connectivity index (χ1) is 3.18. The van der Waals surface area contributed by atoms with Crippen LogP contribution in [0, 0.1) is 0 Å². The van der Waals surface area contributed by atoms with Gasteiger partial charge < -0.3 is 6.53 Å². The molecule has 0 atom stereocenters. The van der Waals surface area contributed by atoms with Gasteiger partial charge in [0.05, 0.1) is 0 Å². The van der Waals surface area contributed by atoms with E-state index >= 15 is 0 Å². The summed E-state index contributed by atoms with van der Waals surface area (Å²) in [6, 6.07) is 0. The maximum atomic E-state index is 9.69. The minimum atomic E-state index is -1.24. The third-order valence-corrected chi connectivity index (χ3v) is 0.319. The van der Waals surface area contributed by atoms with Gasteiger partial charge in [0.2, 0.25) is 0 Å². The second-order valence-electron chi connectivity index (χ2n) is 0.825. The Morgan fingerprint density at radius 1 is 1.75 bits per heavy atom. The zero-order valence-electron chi connectivity index (χ0n) is 5.42. The van der Waals surface area contributed by atoms with Crippen molar-refractivity contribution in [2.75, 3.05) is 0 Å². The molecule has 0 aromatic heterocycles. The fourth-order valence-electron chi connectivity index (χ4n) is 0.0527. The summed E-state index contributed by atoms with van der Waals surface area (Å²) in [4.78, 5) is 12.7. The van der Waals surface area contributed by atoms with Gasteiger partial charge >= 0.3 is 35.5 Å². The molecule has 2 N–H and O–H groups in total. The van der Waals surface area contributed by atoms with Crippen molar-refractivity contribution in [3.63, 3.8) is 0 Å². The number of hydrogen-bond donors (Lipinski definition) is 2. The fraction of sp³-hybridized carbons (Fsp3) is 0. The van der Waals surface area contributed by atoms with E-state index in [2.05, 4.69) is 11.5 Å². The average molecular weight is 128 g/mol.